The molecule has 1 fully saturated rings. The van der Waals surface area contributed by atoms with Gasteiger partial charge < -0.3 is 13.8 Å². The summed E-state index contributed by atoms with van der Waals surface area (Å²) in [5, 5.41) is 3.81. The molecule has 3 heterocycles. The van der Waals surface area contributed by atoms with Gasteiger partial charge in [0.2, 0.25) is 5.89 Å². The second-order valence-electron chi connectivity index (χ2n) is 5.49. The van der Waals surface area contributed by atoms with E-state index in [9.17, 15) is 4.79 Å². The van der Waals surface area contributed by atoms with Crippen LogP contribution in [-0.4, -0.2) is 34.0 Å². The van der Waals surface area contributed by atoms with Crippen molar-refractivity contribution in [2.45, 2.75) is 39.5 Å². The number of carbonyl (C=O) groups is 1. The van der Waals surface area contributed by atoms with E-state index in [0.717, 1.165) is 24.2 Å². The minimum Gasteiger partial charge on any atom is -0.456 e. The van der Waals surface area contributed by atoms with Crippen molar-refractivity contribution in [1.82, 2.24) is 15.0 Å². The Labute approximate surface area is 123 Å². The molecule has 0 saturated carbocycles. The van der Waals surface area contributed by atoms with Crippen LogP contribution in [0.15, 0.2) is 15.0 Å². The Morgan fingerprint density at radius 3 is 2.90 bits per heavy atom. The average molecular weight is 289 g/mol. The van der Waals surface area contributed by atoms with Crippen LogP contribution in [0, 0.1) is 13.8 Å². The first-order chi connectivity index (χ1) is 10.1. The van der Waals surface area contributed by atoms with Crippen LogP contribution >= 0.6 is 0 Å². The van der Waals surface area contributed by atoms with Crippen LogP contribution in [0.3, 0.4) is 0 Å². The molecule has 6 nitrogen and oxygen atoms in total. The molecule has 1 atom stereocenters. The lowest BCUT2D eigenvalue weighted by atomic mass is 10.1. The topological polar surface area (TPSA) is 72.4 Å². The predicted octanol–water partition coefficient (Wildman–Crippen LogP) is 2.47. The third kappa shape index (κ3) is 2.57. The first-order valence-electron chi connectivity index (χ1n) is 7.27. The lowest BCUT2D eigenvalue weighted by Crippen LogP contribution is -2.28. The van der Waals surface area contributed by atoms with Gasteiger partial charge in [-0.2, -0.15) is 4.98 Å². The lowest BCUT2D eigenvalue weighted by molar-refractivity contribution is 0.0756. The van der Waals surface area contributed by atoms with Gasteiger partial charge in [0.15, 0.2) is 11.6 Å². The Morgan fingerprint density at radius 2 is 2.29 bits per heavy atom. The number of carbonyl (C=O) groups excluding carboxylic acids is 1. The van der Waals surface area contributed by atoms with Crippen molar-refractivity contribution in [3.8, 4) is 0 Å². The standard InChI is InChI=1S/C15H19N3O3/c1-4-12-9(2)7-13(20-12)15(19)18-6-5-11(8-18)14-16-10(3)17-21-14/h7,11H,4-6,8H2,1-3H3. The maximum absolute atomic E-state index is 12.5. The zero-order valence-corrected chi connectivity index (χ0v) is 12.5. The van der Waals surface area contributed by atoms with Gasteiger partial charge in [-0.15, -0.1) is 0 Å². The van der Waals surface area contributed by atoms with Gasteiger partial charge in [0.05, 0.1) is 5.92 Å². The number of aryl methyl sites for hydroxylation is 3. The molecule has 112 valence electrons. The van der Waals surface area contributed by atoms with Crippen molar-refractivity contribution in [1.29, 1.82) is 0 Å². The van der Waals surface area contributed by atoms with Crippen LogP contribution in [0.4, 0.5) is 0 Å². The Bertz CT molecular complexity index is 659. The van der Waals surface area contributed by atoms with Crippen molar-refractivity contribution >= 4 is 5.91 Å². The molecule has 1 aliphatic rings. The molecule has 1 amide bonds. The molecule has 0 radical (unpaired) electrons. The summed E-state index contributed by atoms with van der Waals surface area (Å²) in [6.45, 7) is 7.06. The van der Waals surface area contributed by atoms with Crippen LogP contribution in [0.1, 0.15) is 52.9 Å². The molecule has 3 rings (SSSR count). The molecule has 1 saturated heterocycles. The number of nitrogens with zero attached hydrogens (tertiary/aromatic N) is 3. The lowest BCUT2D eigenvalue weighted by Gasteiger charge is -2.13. The number of aromatic nitrogens is 2. The molecule has 1 unspecified atom stereocenters. The van der Waals surface area contributed by atoms with E-state index in [-0.39, 0.29) is 11.8 Å². The van der Waals surface area contributed by atoms with E-state index >= 15 is 0 Å². The zero-order chi connectivity index (χ0) is 15.0. The van der Waals surface area contributed by atoms with E-state index in [1.165, 1.54) is 0 Å². The van der Waals surface area contributed by atoms with E-state index in [0.29, 0.717) is 30.6 Å². The zero-order valence-electron chi connectivity index (χ0n) is 12.5. The SMILES string of the molecule is CCc1oc(C(=O)N2CCC(c3nc(C)no3)C2)cc1C. The number of amides is 1. The van der Waals surface area contributed by atoms with Crippen LogP contribution < -0.4 is 0 Å². The Kier molecular flexibility index (Phi) is 3.53. The molecular weight excluding hydrogens is 270 g/mol. The molecule has 21 heavy (non-hydrogen) atoms. The second-order valence-corrected chi connectivity index (χ2v) is 5.49. The number of hydrogen-bond acceptors (Lipinski definition) is 5. The first-order valence-corrected chi connectivity index (χ1v) is 7.27. The molecule has 0 N–H and O–H groups in total. The highest BCUT2D eigenvalue weighted by molar-refractivity contribution is 5.92. The quantitative estimate of drug-likeness (QED) is 0.868. The number of likely N-dealkylation sites (tertiary alicyclic amines) is 1. The fourth-order valence-corrected chi connectivity index (χ4v) is 2.76. The summed E-state index contributed by atoms with van der Waals surface area (Å²) in [7, 11) is 0. The number of rotatable bonds is 3. The van der Waals surface area contributed by atoms with Crippen molar-refractivity contribution in [2.24, 2.45) is 0 Å². The molecule has 2 aromatic heterocycles. The Balaban J connectivity index is 1.71. The molecule has 0 aliphatic carbocycles. The summed E-state index contributed by atoms with van der Waals surface area (Å²) in [6.07, 6.45) is 1.64. The summed E-state index contributed by atoms with van der Waals surface area (Å²) in [4.78, 5) is 18.5. The number of furan rings is 1. The normalized spacial score (nSPS) is 18.4. The summed E-state index contributed by atoms with van der Waals surface area (Å²) in [5.41, 5.74) is 1.03. The summed E-state index contributed by atoms with van der Waals surface area (Å²) in [6, 6.07) is 1.82. The third-order valence-electron chi connectivity index (χ3n) is 3.92. The van der Waals surface area contributed by atoms with E-state index in [1.54, 1.807) is 11.8 Å². The average Bonchev–Trinajstić information content (AvgIpc) is 3.16. The molecule has 6 heteroatoms. The van der Waals surface area contributed by atoms with E-state index < -0.39 is 0 Å². The highest BCUT2D eigenvalue weighted by Crippen LogP contribution is 2.27. The van der Waals surface area contributed by atoms with E-state index in [2.05, 4.69) is 10.1 Å². The molecule has 2 aromatic rings. The fourth-order valence-electron chi connectivity index (χ4n) is 2.76. The van der Waals surface area contributed by atoms with Crippen LogP contribution in [-0.2, 0) is 6.42 Å². The van der Waals surface area contributed by atoms with Gasteiger partial charge in [-0.05, 0) is 31.9 Å². The van der Waals surface area contributed by atoms with Crippen molar-refractivity contribution in [3.63, 3.8) is 0 Å². The van der Waals surface area contributed by atoms with E-state index in [4.69, 9.17) is 8.94 Å². The van der Waals surface area contributed by atoms with Crippen LogP contribution in [0.2, 0.25) is 0 Å². The maximum atomic E-state index is 12.5. The number of hydrogen-bond donors (Lipinski definition) is 0. The van der Waals surface area contributed by atoms with Gasteiger partial charge in [-0.1, -0.05) is 12.1 Å². The summed E-state index contributed by atoms with van der Waals surface area (Å²) < 4.78 is 10.8. The predicted molar refractivity (Wildman–Crippen MR) is 75.1 cm³/mol. The Hall–Kier alpha value is -2.11. The maximum Gasteiger partial charge on any atom is 0.289 e. The first kappa shape index (κ1) is 13.9. The summed E-state index contributed by atoms with van der Waals surface area (Å²) >= 11 is 0. The van der Waals surface area contributed by atoms with Gasteiger partial charge in [-0.25, -0.2) is 0 Å². The van der Waals surface area contributed by atoms with Gasteiger partial charge in [0.25, 0.3) is 5.91 Å². The molecule has 0 bridgehead atoms. The smallest absolute Gasteiger partial charge is 0.289 e. The van der Waals surface area contributed by atoms with Crippen molar-refractivity contribution < 1.29 is 13.7 Å². The van der Waals surface area contributed by atoms with Crippen molar-refractivity contribution in [2.75, 3.05) is 13.1 Å². The minimum absolute atomic E-state index is 0.0588. The van der Waals surface area contributed by atoms with Gasteiger partial charge in [0, 0.05) is 19.5 Å². The molecule has 0 aromatic carbocycles. The Morgan fingerprint density at radius 1 is 1.48 bits per heavy atom. The molecule has 1 aliphatic heterocycles. The van der Waals surface area contributed by atoms with Gasteiger partial charge in [0.1, 0.15) is 5.76 Å². The molecular formula is C15H19N3O3. The minimum atomic E-state index is -0.0588. The van der Waals surface area contributed by atoms with Gasteiger partial charge >= 0.3 is 0 Å². The largest absolute Gasteiger partial charge is 0.456 e. The van der Waals surface area contributed by atoms with Crippen molar-refractivity contribution in [3.05, 3.63) is 34.9 Å². The molecule has 0 spiro atoms. The fraction of sp³-hybridized carbons (Fsp3) is 0.533. The van der Waals surface area contributed by atoms with Crippen LogP contribution in [0.25, 0.3) is 0 Å². The summed E-state index contributed by atoms with van der Waals surface area (Å²) in [5.74, 6) is 2.61. The second kappa shape index (κ2) is 5.35. The monoisotopic (exact) mass is 289 g/mol. The third-order valence-corrected chi connectivity index (χ3v) is 3.92. The highest BCUT2D eigenvalue weighted by atomic mass is 16.5. The highest BCUT2D eigenvalue weighted by Gasteiger charge is 2.32. The van der Waals surface area contributed by atoms with E-state index in [1.807, 2.05) is 19.9 Å². The van der Waals surface area contributed by atoms with Crippen LogP contribution in [0.5, 0.6) is 0 Å². The van der Waals surface area contributed by atoms with Gasteiger partial charge in [-0.3, -0.25) is 4.79 Å².